The largest absolute Gasteiger partial charge is 0.418 e. The van der Waals surface area contributed by atoms with Crippen LogP contribution in [-0.2, 0) is 12.4 Å². The Morgan fingerprint density at radius 1 is 0.972 bits per heavy atom. The predicted molar refractivity (Wildman–Crippen MR) is 118 cm³/mol. The topological polar surface area (TPSA) is 92.6 Å². The van der Waals surface area contributed by atoms with Crippen molar-refractivity contribution >= 4 is 28.5 Å². The van der Waals surface area contributed by atoms with Crippen molar-refractivity contribution in [1.82, 2.24) is 30.1 Å². The summed E-state index contributed by atoms with van der Waals surface area (Å²) in [7, 11) is 1.48. The molecular formula is C22H14F6N8. The van der Waals surface area contributed by atoms with E-state index in [1.54, 1.807) is 0 Å². The van der Waals surface area contributed by atoms with Gasteiger partial charge in [0.15, 0.2) is 11.5 Å². The predicted octanol–water partition coefficient (Wildman–Crippen LogP) is 4.73. The van der Waals surface area contributed by atoms with Gasteiger partial charge in [0.1, 0.15) is 22.7 Å². The van der Waals surface area contributed by atoms with Gasteiger partial charge in [-0.15, -0.1) is 16.6 Å². The van der Waals surface area contributed by atoms with E-state index in [0.29, 0.717) is 6.20 Å². The number of hydrogen-bond acceptors (Lipinski definition) is 8. The van der Waals surface area contributed by atoms with E-state index in [4.69, 9.17) is 6.42 Å². The monoisotopic (exact) mass is 504 g/mol. The number of nitrogens with one attached hydrogen (secondary N) is 1. The van der Waals surface area contributed by atoms with Crippen LogP contribution >= 0.6 is 0 Å². The van der Waals surface area contributed by atoms with Crippen molar-refractivity contribution in [2.75, 3.05) is 23.8 Å². The second-order valence-corrected chi connectivity index (χ2v) is 7.36. The van der Waals surface area contributed by atoms with Gasteiger partial charge in [-0.05, 0) is 24.3 Å². The number of aromatic nitrogens is 6. The number of terminal acetylenes is 1. The van der Waals surface area contributed by atoms with Crippen LogP contribution in [-0.4, -0.2) is 43.7 Å². The lowest BCUT2D eigenvalue weighted by Gasteiger charge is -2.17. The van der Waals surface area contributed by atoms with Crippen LogP contribution in [0.5, 0.6) is 0 Å². The Morgan fingerprint density at radius 3 is 2.39 bits per heavy atom. The van der Waals surface area contributed by atoms with Crippen LogP contribution in [0.3, 0.4) is 0 Å². The fraction of sp³-hybridized carbons (Fsp3) is 0.182. The van der Waals surface area contributed by atoms with Crippen molar-refractivity contribution < 1.29 is 26.3 Å². The van der Waals surface area contributed by atoms with E-state index in [1.807, 2.05) is 0 Å². The molecule has 0 amide bonds. The zero-order valence-electron chi connectivity index (χ0n) is 18.2. The quantitative estimate of drug-likeness (QED) is 0.308. The molecule has 0 saturated heterocycles. The van der Waals surface area contributed by atoms with Gasteiger partial charge in [0.2, 0.25) is 0 Å². The standard InChI is InChI=1S/C22H14F6N8/c1-3-8-36(2)17-9-13(22(26,27)28)18(35-34-17)15-11-31-19-14(6-7-29-20(19)33-15)32-16-5-4-12(10-30-16)21(23,24)25/h1,4-7,9-11H,8H2,2H3,(H,29,30,32,33). The molecule has 0 unspecified atom stereocenters. The highest BCUT2D eigenvalue weighted by atomic mass is 19.4. The molecule has 0 aliphatic heterocycles. The molecule has 4 rings (SSSR count). The molecule has 8 nitrogen and oxygen atoms in total. The number of alkyl halides is 6. The smallest absolute Gasteiger partial charge is 0.347 e. The van der Waals surface area contributed by atoms with Crippen LogP contribution < -0.4 is 10.2 Å². The third-order valence-corrected chi connectivity index (χ3v) is 4.85. The zero-order chi connectivity index (χ0) is 26.1. The van der Waals surface area contributed by atoms with Gasteiger partial charge in [-0.2, -0.15) is 26.3 Å². The molecule has 0 spiro atoms. The Labute approximate surface area is 199 Å². The van der Waals surface area contributed by atoms with Crippen molar-refractivity contribution in [2.45, 2.75) is 12.4 Å². The highest BCUT2D eigenvalue weighted by molar-refractivity contribution is 5.87. The lowest BCUT2D eigenvalue weighted by atomic mass is 10.1. The van der Waals surface area contributed by atoms with E-state index < -0.39 is 29.2 Å². The minimum absolute atomic E-state index is 0.0224. The summed E-state index contributed by atoms with van der Waals surface area (Å²) in [6.45, 7) is 0.0224. The van der Waals surface area contributed by atoms with E-state index in [0.717, 1.165) is 24.4 Å². The molecule has 0 aromatic carbocycles. The molecule has 0 saturated carbocycles. The van der Waals surface area contributed by atoms with E-state index in [1.165, 1.54) is 24.2 Å². The first-order valence-electron chi connectivity index (χ1n) is 9.99. The molecule has 4 heterocycles. The molecule has 4 aromatic rings. The molecular weight excluding hydrogens is 490 g/mol. The van der Waals surface area contributed by atoms with Crippen molar-refractivity contribution in [1.29, 1.82) is 0 Å². The third kappa shape index (κ3) is 5.09. The Bertz CT molecular complexity index is 1440. The second-order valence-electron chi connectivity index (χ2n) is 7.36. The van der Waals surface area contributed by atoms with Crippen LogP contribution in [0.4, 0.5) is 43.7 Å². The lowest BCUT2D eigenvalue weighted by Crippen LogP contribution is -2.21. The fourth-order valence-electron chi connectivity index (χ4n) is 3.10. The minimum Gasteiger partial charge on any atom is -0.347 e. The maximum Gasteiger partial charge on any atom is 0.418 e. The number of hydrogen-bond donors (Lipinski definition) is 1. The molecule has 14 heteroatoms. The Balaban J connectivity index is 1.71. The van der Waals surface area contributed by atoms with E-state index in [9.17, 15) is 26.3 Å². The normalized spacial score (nSPS) is 11.8. The van der Waals surface area contributed by atoms with Crippen molar-refractivity contribution in [3.63, 3.8) is 0 Å². The molecule has 36 heavy (non-hydrogen) atoms. The van der Waals surface area contributed by atoms with E-state index in [2.05, 4.69) is 41.4 Å². The van der Waals surface area contributed by atoms with Crippen molar-refractivity contribution in [2.24, 2.45) is 0 Å². The maximum absolute atomic E-state index is 13.8. The summed E-state index contributed by atoms with van der Waals surface area (Å²) in [5.41, 5.74) is -2.41. The number of nitrogens with zero attached hydrogens (tertiary/aromatic N) is 7. The summed E-state index contributed by atoms with van der Waals surface area (Å²) in [5, 5.41) is 10.3. The molecule has 0 bridgehead atoms. The van der Waals surface area contributed by atoms with Crippen molar-refractivity contribution in [3.05, 3.63) is 54.0 Å². The highest BCUT2D eigenvalue weighted by Gasteiger charge is 2.36. The molecule has 4 aromatic heterocycles. The molecule has 0 radical (unpaired) electrons. The Morgan fingerprint density at radius 2 is 1.75 bits per heavy atom. The molecule has 0 aliphatic carbocycles. The third-order valence-electron chi connectivity index (χ3n) is 4.85. The van der Waals surface area contributed by atoms with Crippen LogP contribution in [0, 0.1) is 12.3 Å². The molecule has 0 atom stereocenters. The lowest BCUT2D eigenvalue weighted by molar-refractivity contribution is -0.138. The average molecular weight is 504 g/mol. The highest BCUT2D eigenvalue weighted by Crippen LogP contribution is 2.37. The van der Waals surface area contributed by atoms with Gasteiger partial charge < -0.3 is 10.2 Å². The van der Waals surface area contributed by atoms with Gasteiger partial charge >= 0.3 is 12.4 Å². The van der Waals surface area contributed by atoms with Gasteiger partial charge in [0, 0.05) is 19.4 Å². The van der Waals surface area contributed by atoms with Gasteiger partial charge in [0.05, 0.1) is 29.6 Å². The van der Waals surface area contributed by atoms with E-state index >= 15 is 0 Å². The van der Waals surface area contributed by atoms with Crippen LogP contribution in [0.2, 0.25) is 0 Å². The second kappa shape index (κ2) is 9.25. The van der Waals surface area contributed by atoms with Crippen LogP contribution in [0.15, 0.2) is 42.9 Å². The minimum atomic E-state index is -4.78. The summed E-state index contributed by atoms with van der Waals surface area (Å²) < 4.78 is 79.7. The van der Waals surface area contributed by atoms with Crippen molar-refractivity contribution in [3.8, 4) is 23.7 Å². The number of rotatable bonds is 5. The SMILES string of the molecule is C#CCN(C)c1cc(C(F)(F)F)c(-c2cnc3c(Nc4ccc(C(F)(F)F)cn4)ccnc3n2)nn1. The molecule has 184 valence electrons. The van der Waals surface area contributed by atoms with Gasteiger partial charge in [0.25, 0.3) is 0 Å². The van der Waals surface area contributed by atoms with Gasteiger partial charge in [-0.25, -0.2) is 19.9 Å². The first kappa shape index (κ1) is 24.6. The molecule has 0 fully saturated rings. The van der Waals surface area contributed by atoms with Gasteiger partial charge in [-0.1, -0.05) is 5.92 Å². The number of fused-ring (bicyclic) bond motifs is 1. The summed E-state index contributed by atoms with van der Waals surface area (Å²) >= 11 is 0. The van der Waals surface area contributed by atoms with Crippen LogP contribution in [0.25, 0.3) is 22.6 Å². The average Bonchev–Trinajstić information content (AvgIpc) is 2.83. The Kier molecular flexibility index (Phi) is 6.32. The first-order valence-corrected chi connectivity index (χ1v) is 9.99. The summed E-state index contributed by atoms with van der Waals surface area (Å²) in [6.07, 6.45) is -1.07. The summed E-state index contributed by atoms with van der Waals surface area (Å²) in [4.78, 5) is 17.4. The first-order chi connectivity index (χ1) is 17.0. The zero-order valence-corrected chi connectivity index (χ0v) is 18.2. The Hall–Kier alpha value is -4.54. The summed E-state index contributed by atoms with van der Waals surface area (Å²) in [5.74, 6) is 2.31. The van der Waals surface area contributed by atoms with Crippen LogP contribution in [0.1, 0.15) is 11.1 Å². The number of pyridine rings is 2. The molecule has 0 aliphatic rings. The van der Waals surface area contributed by atoms with E-state index in [-0.39, 0.29) is 40.7 Å². The number of anilines is 3. The maximum atomic E-state index is 13.8. The van der Waals surface area contributed by atoms with Gasteiger partial charge in [-0.3, -0.25) is 0 Å². The number of halogens is 6. The molecule has 1 N–H and O–H groups in total. The fourth-order valence-corrected chi connectivity index (χ4v) is 3.10. The summed E-state index contributed by atoms with van der Waals surface area (Å²) in [6, 6.07) is 4.26.